The molecule has 0 aliphatic heterocycles. The third-order valence-electron chi connectivity index (χ3n) is 2.33. The van der Waals surface area contributed by atoms with Gasteiger partial charge < -0.3 is 10.1 Å². The van der Waals surface area contributed by atoms with E-state index in [0.29, 0.717) is 0 Å². The molecular formula is C12H12BrN3O. The molecule has 0 saturated heterocycles. The van der Waals surface area contributed by atoms with Gasteiger partial charge >= 0.3 is 0 Å². The molecule has 2 aromatic rings. The van der Waals surface area contributed by atoms with Gasteiger partial charge in [0, 0.05) is 11.8 Å². The first-order valence-electron chi connectivity index (χ1n) is 5.08. The normalized spacial score (nSPS) is 10.1. The number of methoxy groups -OCH3 is 1. The van der Waals surface area contributed by atoms with Crippen molar-refractivity contribution in [1.29, 1.82) is 0 Å². The first-order chi connectivity index (χ1) is 8.19. The third kappa shape index (κ3) is 2.94. The number of aryl methyl sites for hydroxylation is 1. The van der Waals surface area contributed by atoms with Crippen LogP contribution >= 0.6 is 15.9 Å². The Balaban J connectivity index is 2.24. The van der Waals surface area contributed by atoms with Gasteiger partial charge in [-0.1, -0.05) is 0 Å². The minimum Gasteiger partial charge on any atom is -0.497 e. The Hall–Kier alpha value is -1.62. The van der Waals surface area contributed by atoms with E-state index >= 15 is 0 Å². The van der Waals surface area contributed by atoms with Crippen LogP contribution in [0.15, 0.2) is 35.2 Å². The van der Waals surface area contributed by atoms with E-state index in [9.17, 15) is 0 Å². The van der Waals surface area contributed by atoms with Crippen molar-refractivity contribution in [2.45, 2.75) is 6.92 Å². The number of anilines is 2. The van der Waals surface area contributed by atoms with Gasteiger partial charge in [0.1, 0.15) is 22.5 Å². The second kappa shape index (κ2) is 5.14. The number of rotatable bonds is 3. The quantitative estimate of drug-likeness (QED) is 0.882. The molecule has 4 nitrogen and oxygen atoms in total. The second-order valence-electron chi connectivity index (χ2n) is 3.53. The monoisotopic (exact) mass is 293 g/mol. The molecule has 1 heterocycles. The number of hydrogen-bond acceptors (Lipinski definition) is 4. The highest BCUT2D eigenvalue weighted by molar-refractivity contribution is 9.10. The van der Waals surface area contributed by atoms with Crippen molar-refractivity contribution in [2.75, 3.05) is 12.4 Å². The molecule has 0 saturated carbocycles. The summed E-state index contributed by atoms with van der Waals surface area (Å²) in [5, 5.41) is 3.23. The lowest BCUT2D eigenvalue weighted by Gasteiger charge is -2.10. The summed E-state index contributed by atoms with van der Waals surface area (Å²) in [7, 11) is 1.66. The average Bonchev–Trinajstić information content (AvgIpc) is 2.32. The fraction of sp³-hybridized carbons (Fsp3) is 0.167. The maximum Gasteiger partial charge on any atom is 0.134 e. The first kappa shape index (κ1) is 11.9. The van der Waals surface area contributed by atoms with E-state index in [1.807, 2.05) is 31.2 Å². The summed E-state index contributed by atoms with van der Waals surface area (Å²) < 4.78 is 5.91. The Bertz CT molecular complexity index is 531. The molecule has 2 rings (SSSR count). The van der Waals surface area contributed by atoms with Crippen molar-refractivity contribution in [3.8, 4) is 5.75 Å². The minimum atomic E-state index is 0.750. The van der Waals surface area contributed by atoms with Crippen LogP contribution in [-0.2, 0) is 0 Å². The molecule has 0 radical (unpaired) electrons. The fourth-order valence-electron chi connectivity index (χ4n) is 1.44. The van der Waals surface area contributed by atoms with Crippen LogP contribution in [0.4, 0.5) is 11.5 Å². The fourth-order valence-corrected chi connectivity index (χ4v) is 1.75. The van der Waals surface area contributed by atoms with Gasteiger partial charge in [-0.2, -0.15) is 0 Å². The van der Waals surface area contributed by atoms with Crippen LogP contribution in [0.25, 0.3) is 0 Å². The zero-order chi connectivity index (χ0) is 12.3. The lowest BCUT2D eigenvalue weighted by Crippen LogP contribution is -1.96. The number of ether oxygens (including phenoxy) is 1. The predicted octanol–water partition coefficient (Wildman–Crippen LogP) is 3.30. The Morgan fingerprint density at radius 2 is 2.06 bits per heavy atom. The number of nitrogens with one attached hydrogen (secondary N) is 1. The largest absolute Gasteiger partial charge is 0.497 e. The molecule has 0 amide bonds. The van der Waals surface area contributed by atoms with E-state index in [1.165, 1.54) is 6.33 Å². The Kier molecular flexibility index (Phi) is 3.58. The number of halogens is 1. The summed E-state index contributed by atoms with van der Waals surface area (Å²) >= 11 is 3.31. The van der Waals surface area contributed by atoms with Crippen LogP contribution in [0.2, 0.25) is 0 Å². The van der Waals surface area contributed by atoms with E-state index in [1.54, 1.807) is 7.11 Å². The van der Waals surface area contributed by atoms with Gasteiger partial charge in [0.2, 0.25) is 0 Å². The van der Waals surface area contributed by atoms with E-state index in [0.717, 1.165) is 27.4 Å². The van der Waals surface area contributed by atoms with Crippen LogP contribution in [0, 0.1) is 6.92 Å². The smallest absolute Gasteiger partial charge is 0.134 e. The highest BCUT2D eigenvalue weighted by Gasteiger charge is 2.02. The van der Waals surface area contributed by atoms with Gasteiger partial charge in [0.25, 0.3) is 0 Å². The molecule has 0 bridgehead atoms. The molecule has 1 N–H and O–H groups in total. The molecule has 0 spiro atoms. The standard InChI is InChI=1S/C12H12BrN3O/c1-8-5-9(17-2)3-4-10(8)16-12-6-11(13)14-7-15-12/h3-7H,1-2H3,(H,14,15,16). The van der Waals surface area contributed by atoms with Crippen LogP contribution in [0.3, 0.4) is 0 Å². The maximum atomic E-state index is 5.16. The van der Waals surface area contributed by atoms with E-state index in [2.05, 4.69) is 31.2 Å². The van der Waals surface area contributed by atoms with E-state index in [-0.39, 0.29) is 0 Å². The molecule has 5 heteroatoms. The SMILES string of the molecule is COc1ccc(Nc2cc(Br)ncn2)c(C)c1. The zero-order valence-corrected chi connectivity index (χ0v) is 11.2. The number of nitrogens with zero attached hydrogens (tertiary/aromatic N) is 2. The summed E-state index contributed by atoms with van der Waals surface area (Å²) in [5.74, 6) is 1.59. The van der Waals surface area contributed by atoms with E-state index < -0.39 is 0 Å². The summed E-state index contributed by atoms with van der Waals surface area (Å²) in [6.45, 7) is 2.01. The summed E-state index contributed by atoms with van der Waals surface area (Å²) in [6, 6.07) is 7.66. The second-order valence-corrected chi connectivity index (χ2v) is 4.34. The molecule has 1 aromatic carbocycles. The van der Waals surface area contributed by atoms with Gasteiger partial charge in [-0.25, -0.2) is 9.97 Å². The molecular weight excluding hydrogens is 282 g/mol. The van der Waals surface area contributed by atoms with Gasteiger partial charge in [-0.3, -0.25) is 0 Å². The average molecular weight is 294 g/mol. The number of aromatic nitrogens is 2. The van der Waals surface area contributed by atoms with E-state index in [4.69, 9.17) is 4.74 Å². The molecule has 0 fully saturated rings. The molecule has 0 unspecified atom stereocenters. The highest BCUT2D eigenvalue weighted by atomic mass is 79.9. The maximum absolute atomic E-state index is 5.16. The lowest BCUT2D eigenvalue weighted by molar-refractivity contribution is 0.414. The predicted molar refractivity (Wildman–Crippen MR) is 70.7 cm³/mol. The molecule has 17 heavy (non-hydrogen) atoms. The molecule has 0 atom stereocenters. The molecule has 1 aromatic heterocycles. The molecule has 0 aliphatic rings. The first-order valence-corrected chi connectivity index (χ1v) is 5.87. The summed E-state index contributed by atoms with van der Waals surface area (Å²) in [4.78, 5) is 8.11. The molecule has 88 valence electrons. The van der Waals surface area contributed by atoms with Crippen LogP contribution < -0.4 is 10.1 Å². The van der Waals surface area contributed by atoms with Crippen molar-refractivity contribution < 1.29 is 4.74 Å². The molecule has 0 aliphatic carbocycles. The van der Waals surface area contributed by atoms with Crippen LogP contribution in [0.5, 0.6) is 5.75 Å². The van der Waals surface area contributed by atoms with Crippen molar-refractivity contribution in [1.82, 2.24) is 9.97 Å². The van der Waals surface area contributed by atoms with Gasteiger partial charge in [0.15, 0.2) is 0 Å². The van der Waals surface area contributed by atoms with Crippen molar-refractivity contribution in [3.63, 3.8) is 0 Å². The van der Waals surface area contributed by atoms with Crippen molar-refractivity contribution >= 4 is 27.4 Å². The lowest BCUT2D eigenvalue weighted by atomic mass is 10.2. The van der Waals surface area contributed by atoms with Crippen LogP contribution in [-0.4, -0.2) is 17.1 Å². The Labute approximate surface area is 108 Å². The zero-order valence-electron chi connectivity index (χ0n) is 9.57. The van der Waals surface area contributed by atoms with Crippen molar-refractivity contribution in [2.24, 2.45) is 0 Å². The minimum absolute atomic E-state index is 0.750. The van der Waals surface area contributed by atoms with Gasteiger partial charge in [-0.05, 0) is 46.6 Å². The van der Waals surface area contributed by atoms with Gasteiger partial charge in [0.05, 0.1) is 7.11 Å². The summed E-state index contributed by atoms with van der Waals surface area (Å²) in [6.07, 6.45) is 1.51. The summed E-state index contributed by atoms with van der Waals surface area (Å²) in [5.41, 5.74) is 2.09. The van der Waals surface area contributed by atoms with Crippen LogP contribution in [0.1, 0.15) is 5.56 Å². The highest BCUT2D eigenvalue weighted by Crippen LogP contribution is 2.24. The topological polar surface area (TPSA) is 47.0 Å². The Morgan fingerprint density at radius 1 is 1.24 bits per heavy atom. The van der Waals surface area contributed by atoms with Crippen molar-refractivity contribution in [3.05, 3.63) is 40.8 Å². The van der Waals surface area contributed by atoms with Gasteiger partial charge in [-0.15, -0.1) is 0 Å². The third-order valence-corrected chi connectivity index (χ3v) is 2.76. The Morgan fingerprint density at radius 3 is 2.71 bits per heavy atom. The number of hydrogen-bond donors (Lipinski definition) is 1. The number of benzene rings is 1.